The third kappa shape index (κ3) is 3.72. The maximum atomic E-state index is 12.3. The Morgan fingerprint density at radius 1 is 1.45 bits per heavy atom. The van der Waals surface area contributed by atoms with Crippen molar-refractivity contribution in [2.45, 2.75) is 36.3 Å². The number of hydrogen-bond donors (Lipinski definition) is 1. The summed E-state index contributed by atoms with van der Waals surface area (Å²) in [5.41, 5.74) is -0.0808. The molecule has 0 fully saturated rings. The third-order valence-corrected chi connectivity index (χ3v) is 6.49. The summed E-state index contributed by atoms with van der Waals surface area (Å²) in [6.07, 6.45) is 5.12. The number of rotatable bonds is 7. The van der Waals surface area contributed by atoms with Gasteiger partial charge >= 0.3 is 0 Å². The first kappa shape index (κ1) is 17.0. The van der Waals surface area contributed by atoms with Crippen molar-refractivity contribution in [3.05, 3.63) is 24.0 Å². The minimum Gasteiger partial charge on any atom is -0.244 e. The molecule has 0 saturated carbocycles. The van der Waals surface area contributed by atoms with E-state index in [0.717, 1.165) is 12.8 Å². The molecule has 0 amide bonds. The summed E-state index contributed by atoms with van der Waals surface area (Å²) in [6.45, 7) is 4.42. The van der Waals surface area contributed by atoms with Gasteiger partial charge in [0.25, 0.3) is 0 Å². The quantitative estimate of drug-likeness (QED) is 0.834. The van der Waals surface area contributed by atoms with Crippen LogP contribution in [0.4, 0.5) is 0 Å². The minimum atomic E-state index is -3.71. The molecular formula is C13H19N3O2S2. The number of nitrogens with one attached hydrogen (secondary N) is 1. The Morgan fingerprint density at radius 3 is 2.60 bits per heavy atom. The lowest BCUT2D eigenvalue weighted by Gasteiger charge is -2.29. The summed E-state index contributed by atoms with van der Waals surface area (Å²) in [4.78, 5) is 3.72. The van der Waals surface area contributed by atoms with Gasteiger partial charge in [-0.05, 0) is 31.2 Å². The lowest BCUT2D eigenvalue weighted by Crippen LogP contribution is -2.39. The second-order valence-electron chi connectivity index (χ2n) is 4.38. The van der Waals surface area contributed by atoms with Crippen molar-refractivity contribution in [3.63, 3.8) is 0 Å². The summed E-state index contributed by atoms with van der Waals surface area (Å²) >= 11 is 1.66. The molecule has 0 aromatic carbocycles. The molecule has 1 heterocycles. The molecule has 1 rings (SSSR count). The van der Waals surface area contributed by atoms with E-state index < -0.39 is 10.0 Å². The molecule has 110 valence electrons. The van der Waals surface area contributed by atoms with Gasteiger partial charge in [-0.2, -0.15) is 17.0 Å². The van der Waals surface area contributed by atoms with Crippen molar-refractivity contribution >= 4 is 21.8 Å². The van der Waals surface area contributed by atoms with Crippen LogP contribution in [0.2, 0.25) is 0 Å². The van der Waals surface area contributed by atoms with Crippen molar-refractivity contribution in [1.82, 2.24) is 9.71 Å². The molecular weight excluding hydrogens is 294 g/mol. The van der Waals surface area contributed by atoms with Crippen LogP contribution in [0.25, 0.3) is 0 Å². The first-order valence-electron chi connectivity index (χ1n) is 6.34. The Bertz CT molecular complexity index is 582. The number of nitrogens with zero attached hydrogens (tertiary/aromatic N) is 2. The standard InChI is InChI=1S/C13H19N3O2S2/c1-4-13(5-2,19-3)10-16-20(17,18)12-7-6-8-15-11(12)9-14/h6-8,16H,4-5,10H2,1-3H3. The maximum Gasteiger partial charge on any atom is 0.243 e. The van der Waals surface area contributed by atoms with Crippen LogP contribution >= 0.6 is 11.8 Å². The Kier molecular flexibility index (Phi) is 5.99. The van der Waals surface area contributed by atoms with Gasteiger partial charge in [-0.1, -0.05) is 13.8 Å². The summed E-state index contributed by atoms with van der Waals surface area (Å²) in [7, 11) is -3.71. The minimum absolute atomic E-state index is 0.0651. The second kappa shape index (κ2) is 7.07. The maximum absolute atomic E-state index is 12.3. The normalized spacial score (nSPS) is 12.1. The lowest BCUT2D eigenvalue weighted by atomic mass is 10.0. The van der Waals surface area contributed by atoms with E-state index in [4.69, 9.17) is 5.26 Å². The van der Waals surface area contributed by atoms with E-state index in [0.29, 0.717) is 6.54 Å². The number of pyridine rings is 1. The van der Waals surface area contributed by atoms with Crippen LogP contribution in [0.5, 0.6) is 0 Å². The van der Waals surface area contributed by atoms with Gasteiger partial charge in [0, 0.05) is 17.5 Å². The van der Waals surface area contributed by atoms with E-state index in [-0.39, 0.29) is 15.3 Å². The Morgan fingerprint density at radius 2 is 2.10 bits per heavy atom. The Hall–Kier alpha value is -1.10. The molecule has 0 bridgehead atoms. The highest BCUT2D eigenvalue weighted by molar-refractivity contribution is 8.00. The number of thioether (sulfide) groups is 1. The highest BCUT2D eigenvalue weighted by Crippen LogP contribution is 2.30. The van der Waals surface area contributed by atoms with Crippen LogP contribution in [0.1, 0.15) is 32.4 Å². The first-order valence-corrected chi connectivity index (χ1v) is 9.05. The topological polar surface area (TPSA) is 82.8 Å². The van der Waals surface area contributed by atoms with Crippen molar-refractivity contribution in [2.75, 3.05) is 12.8 Å². The van der Waals surface area contributed by atoms with Crippen LogP contribution in [0, 0.1) is 11.3 Å². The zero-order valence-corrected chi connectivity index (χ0v) is 13.5. The molecule has 5 nitrogen and oxygen atoms in total. The van der Waals surface area contributed by atoms with E-state index in [1.807, 2.05) is 20.1 Å². The summed E-state index contributed by atoms with van der Waals surface area (Å²) in [5.74, 6) is 0. The molecule has 1 N–H and O–H groups in total. The third-order valence-electron chi connectivity index (χ3n) is 3.47. The van der Waals surface area contributed by atoms with E-state index in [2.05, 4.69) is 9.71 Å². The fourth-order valence-corrected chi connectivity index (χ4v) is 3.97. The highest BCUT2D eigenvalue weighted by atomic mass is 32.2. The van der Waals surface area contributed by atoms with E-state index in [1.54, 1.807) is 17.8 Å². The Labute approximate surface area is 124 Å². The summed E-state index contributed by atoms with van der Waals surface area (Å²) in [6, 6.07) is 4.71. The van der Waals surface area contributed by atoms with E-state index in [9.17, 15) is 8.42 Å². The molecule has 0 unspecified atom stereocenters. The largest absolute Gasteiger partial charge is 0.244 e. The monoisotopic (exact) mass is 313 g/mol. The number of nitriles is 1. The molecule has 0 radical (unpaired) electrons. The van der Waals surface area contributed by atoms with E-state index >= 15 is 0 Å². The zero-order valence-electron chi connectivity index (χ0n) is 11.9. The van der Waals surface area contributed by atoms with Gasteiger partial charge in [0.05, 0.1) is 0 Å². The predicted molar refractivity (Wildman–Crippen MR) is 81.0 cm³/mol. The molecule has 0 aliphatic carbocycles. The molecule has 1 aromatic heterocycles. The van der Waals surface area contributed by atoms with Crippen LogP contribution in [0.3, 0.4) is 0 Å². The second-order valence-corrected chi connectivity index (χ2v) is 7.39. The van der Waals surface area contributed by atoms with Crippen molar-refractivity contribution in [1.29, 1.82) is 5.26 Å². The smallest absolute Gasteiger partial charge is 0.243 e. The van der Waals surface area contributed by atoms with Crippen molar-refractivity contribution in [2.24, 2.45) is 0 Å². The highest BCUT2D eigenvalue weighted by Gasteiger charge is 2.28. The zero-order chi connectivity index (χ0) is 15.2. The molecule has 0 aliphatic rings. The summed E-state index contributed by atoms with van der Waals surface area (Å²) in [5, 5.41) is 8.94. The first-order chi connectivity index (χ1) is 9.44. The van der Waals surface area contributed by atoms with Crippen molar-refractivity contribution in [3.8, 4) is 6.07 Å². The SMILES string of the molecule is CCC(CC)(CNS(=O)(=O)c1cccnc1C#N)SC. The van der Waals surface area contributed by atoms with Gasteiger partial charge in [-0.3, -0.25) is 0 Å². The number of aromatic nitrogens is 1. The molecule has 7 heteroatoms. The van der Waals surface area contributed by atoms with Gasteiger partial charge < -0.3 is 0 Å². The lowest BCUT2D eigenvalue weighted by molar-refractivity contribution is 0.521. The molecule has 0 saturated heterocycles. The van der Waals surface area contributed by atoms with Gasteiger partial charge in [0.2, 0.25) is 10.0 Å². The summed E-state index contributed by atoms with van der Waals surface area (Å²) < 4.78 is 27.1. The molecule has 1 aromatic rings. The molecule has 0 atom stereocenters. The van der Waals surface area contributed by atoms with Crippen molar-refractivity contribution < 1.29 is 8.42 Å². The average molecular weight is 313 g/mol. The molecule has 20 heavy (non-hydrogen) atoms. The van der Waals surface area contributed by atoms with Gasteiger partial charge in [-0.25, -0.2) is 18.1 Å². The van der Waals surface area contributed by atoms with Gasteiger partial charge in [-0.15, -0.1) is 0 Å². The van der Waals surface area contributed by atoms with Crippen LogP contribution < -0.4 is 4.72 Å². The Balaban J connectivity index is 3.00. The van der Waals surface area contributed by atoms with Crippen LogP contribution in [0.15, 0.2) is 23.2 Å². The predicted octanol–water partition coefficient (Wildman–Crippen LogP) is 2.15. The fourth-order valence-electron chi connectivity index (χ4n) is 1.86. The van der Waals surface area contributed by atoms with Crippen LogP contribution in [-0.4, -0.2) is 30.9 Å². The molecule has 0 spiro atoms. The number of sulfonamides is 1. The van der Waals surface area contributed by atoms with Gasteiger partial charge in [0.1, 0.15) is 11.0 Å². The van der Waals surface area contributed by atoms with Gasteiger partial charge in [0.15, 0.2) is 5.69 Å². The fraction of sp³-hybridized carbons (Fsp3) is 0.538. The molecule has 0 aliphatic heterocycles. The average Bonchev–Trinajstić information content (AvgIpc) is 2.49. The van der Waals surface area contributed by atoms with E-state index in [1.165, 1.54) is 18.3 Å². The van der Waals surface area contributed by atoms with Crippen LogP contribution in [-0.2, 0) is 10.0 Å². The number of hydrogen-bond acceptors (Lipinski definition) is 5.